The molecule has 0 amide bonds. The number of aliphatic hydroxyl groups is 1. The third kappa shape index (κ3) is 4.59. The number of rotatable bonds is 6. The average molecular weight is 535 g/mol. The van der Waals surface area contributed by atoms with Gasteiger partial charge in [-0.15, -0.1) is 0 Å². The molecule has 5 heterocycles. The fraction of sp³-hybridized carbons (Fsp3) is 0.346. The number of fused-ring (bicyclic) bond motifs is 2. The summed E-state index contributed by atoms with van der Waals surface area (Å²) in [5.41, 5.74) is 10.5. The monoisotopic (exact) mass is 534 g/mol. The third-order valence-corrected chi connectivity index (χ3v) is 8.85. The van der Waals surface area contributed by atoms with Crippen LogP contribution in [-0.2, 0) is 6.42 Å². The lowest BCUT2D eigenvalue weighted by Crippen LogP contribution is -2.44. The van der Waals surface area contributed by atoms with E-state index >= 15 is 0 Å². The number of pyridine rings is 3. The first-order chi connectivity index (χ1) is 18.1. The van der Waals surface area contributed by atoms with Crippen molar-refractivity contribution in [3.05, 3.63) is 65.2 Å². The van der Waals surface area contributed by atoms with Gasteiger partial charge in [-0.2, -0.15) is 0 Å². The van der Waals surface area contributed by atoms with E-state index in [2.05, 4.69) is 36.2 Å². The Morgan fingerprint density at radius 2 is 1.97 bits per heavy atom. The molecule has 6 rings (SSSR count). The summed E-state index contributed by atoms with van der Waals surface area (Å²) in [5, 5.41) is 13.3. The molecule has 1 spiro atoms. The van der Waals surface area contributed by atoms with Crippen molar-refractivity contribution in [2.24, 2.45) is 11.1 Å². The maximum absolute atomic E-state index is 9.05. The molecular weight excluding hydrogens is 508 g/mol. The Balaban J connectivity index is 1.16. The zero-order chi connectivity index (χ0) is 25.4. The van der Waals surface area contributed by atoms with Gasteiger partial charge < -0.3 is 21.1 Å². The van der Waals surface area contributed by atoms with Gasteiger partial charge in [0.15, 0.2) is 5.65 Å². The molecule has 9 nitrogen and oxygen atoms in total. The van der Waals surface area contributed by atoms with Crippen molar-refractivity contribution in [3.63, 3.8) is 0 Å². The predicted octanol–water partition coefficient (Wildman–Crippen LogP) is 3.87. The Morgan fingerprint density at radius 3 is 2.78 bits per heavy atom. The Kier molecular flexibility index (Phi) is 6.58. The molecule has 1 atom stereocenters. The van der Waals surface area contributed by atoms with Gasteiger partial charge in [0, 0.05) is 48.7 Å². The molecule has 4 aromatic rings. The lowest BCUT2D eigenvalue weighted by Gasteiger charge is -2.42. The Morgan fingerprint density at radius 1 is 1.11 bits per heavy atom. The lowest BCUT2D eigenvalue weighted by molar-refractivity contribution is 0.186. The van der Waals surface area contributed by atoms with Crippen LogP contribution in [0.5, 0.6) is 0 Å². The van der Waals surface area contributed by atoms with Crippen molar-refractivity contribution in [1.82, 2.24) is 24.9 Å². The fourth-order valence-electron chi connectivity index (χ4n) is 5.32. The molecule has 11 heteroatoms. The predicted molar refractivity (Wildman–Crippen MR) is 145 cm³/mol. The van der Waals surface area contributed by atoms with Crippen molar-refractivity contribution < 1.29 is 5.11 Å². The number of nitrogens with two attached hydrogens (primary N) is 1. The summed E-state index contributed by atoms with van der Waals surface area (Å²) in [6.45, 7) is 2.15. The molecule has 1 saturated heterocycles. The van der Waals surface area contributed by atoms with Crippen molar-refractivity contribution in [2.75, 3.05) is 36.5 Å². The minimum atomic E-state index is -0.000150. The van der Waals surface area contributed by atoms with Crippen molar-refractivity contribution >= 4 is 46.2 Å². The van der Waals surface area contributed by atoms with Gasteiger partial charge in [-0.1, -0.05) is 29.4 Å². The standard InChI is InChI=1S/C26H27ClN8OS/c27-22-19(5-9-30-25(22)31-10-13-36)37-21-4-3-17-24(34-21)32-15-20(33-17)35-11-6-26(7-12-35)14-18-16(23(26)28)2-1-8-29-18/h1-5,8-9,15,23,36H,6-7,10-14,28H2,(H,30,31)/t23-/m1/s1. The number of aliphatic hydroxyl groups excluding tert-OH is 1. The summed E-state index contributed by atoms with van der Waals surface area (Å²) in [5.74, 6) is 1.40. The lowest BCUT2D eigenvalue weighted by atomic mass is 9.73. The minimum absolute atomic E-state index is 0.000150. The van der Waals surface area contributed by atoms with Crippen LogP contribution in [0.1, 0.15) is 30.1 Å². The second-order valence-electron chi connectivity index (χ2n) is 9.49. The van der Waals surface area contributed by atoms with E-state index in [4.69, 9.17) is 27.4 Å². The molecule has 1 aliphatic carbocycles. The first-order valence-corrected chi connectivity index (χ1v) is 13.5. The van der Waals surface area contributed by atoms with Crippen LogP contribution >= 0.6 is 23.4 Å². The van der Waals surface area contributed by atoms with Gasteiger partial charge in [0.1, 0.15) is 22.2 Å². The van der Waals surface area contributed by atoms with Gasteiger partial charge in [0.25, 0.3) is 0 Å². The maximum Gasteiger partial charge on any atom is 0.179 e. The van der Waals surface area contributed by atoms with E-state index < -0.39 is 0 Å². The largest absolute Gasteiger partial charge is 0.395 e. The number of aromatic nitrogens is 5. The van der Waals surface area contributed by atoms with Gasteiger partial charge >= 0.3 is 0 Å². The van der Waals surface area contributed by atoms with Crippen LogP contribution in [0.4, 0.5) is 11.6 Å². The second-order valence-corrected chi connectivity index (χ2v) is 10.9. The zero-order valence-electron chi connectivity index (χ0n) is 20.1. The first-order valence-electron chi connectivity index (χ1n) is 12.3. The van der Waals surface area contributed by atoms with E-state index in [-0.39, 0.29) is 18.1 Å². The molecule has 0 aromatic carbocycles. The molecule has 4 N–H and O–H groups in total. The van der Waals surface area contributed by atoms with Gasteiger partial charge in [0.2, 0.25) is 0 Å². The average Bonchev–Trinajstić information content (AvgIpc) is 3.20. The van der Waals surface area contributed by atoms with Crippen LogP contribution in [0.15, 0.2) is 58.8 Å². The fourth-order valence-corrected chi connectivity index (χ4v) is 6.43. The molecule has 4 aromatic heterocycles. The van der Waals surface area contributed by atoms with Gasteiger partial charge in [-0.3, -0.25) is 4.98 Å². The van der Waals surface area contributed by atoms with E-state index in [1.807, 2.05) is 36.7 Å². The highest BCUT2D eigenvalue weighted by molar-refractivity contribution is 7.99. The summed E-state index contributed by atoms with van der Waals surface area (Å²) >= 11 is 7.93. The third-order valence-electron chi connectivity index (χ3n) is 7.36. The minimum Gasteiger partial charge on any atom is -0.395 e. The number of nitrogens with zero attached hydrogens (tertiary/aromatic N) is 6. The first kappa shape index (κ1) is 24.3. The maximum atomic E-state index is 9.05. The molecule has 190 valence electrons. The number of hydrogen-bond donors (Lipinski definition) is 3. The number of hydrogen-bond acceptors (Lipinski definition) is 10. The normalized spacial score (nSPS) is 18.4. The van der Waals surface area contributed by atoms with E-state index in [0.29, 0.717) is 23.0 Å². The van der Waals surface area contributed by atoms with E-state index in [1.165, 1.54) is 17.3 Å². The Hall–Kier alpha value is -3.05. The summed E-state index contributed by atoms with van der Waals surface area (Å²) in [6.07, 6.45) is 8.30. The number of piperidine rings is 1. The highest BCUT2D eigenvalue weighted by Gasteiger charge is 2.46. The topological polar surface area (TPSA) is 126 Å². The summed E-state index contributed by atoms with van der Waals surface area (Å²) < 4.78 is 0. The van der Waals surface area contributed by atoms with Crippen LogP contribution in [0.25, 0.3) is 11.2 Å². The molecule has 0 bridgehead atoms. The van der Waals surface area contributed by atoms with Gasteiger partial charge in [-0.25, -0.2) is 19.9 Å². The summed E-state index contributed by atoms with van der Waals surface area (Å²) in [7, 11) is 0. The Labute approximate surface area is 223 Å². The molecule has 37 heavy (non-hydrogen) atoms. The summed E-state index contributed by atoms with van der Waals surface area (Å²) in [4.78, 5) is 26.1. The number of anilines is 2. The summed E-state index contributed by atoms with van der Waals surface area (Å²) in [6, 6.07) is 9.85. The van der Waals surface area contributed by atoms with E-state index in [1.54, 1.807) is 6.20 Å². The zero-order valence-corrected chi connectivity index (χ0v) is 21.7. The Bertz CT molecular complexity index is 1450. The SMILES string of the molecule is N[C@@H]1c2cccnc2CC12CCN(c1cnc3nc(Sc4ccnc(NCCO)c4Cl)ccc3n1)CC2. The van der Waals surface area contributed by atoms with Crippen LogP contribution in [0.2, 0.25) is 5.02 Å². The van der Waals surface area contributed by atoms with Gasteiger partial charge in [-0.05, 0) is 54.5 Å². The molecular formula is C26H27ClN8OS. The smallest absolute Gasteiger partial charge is 0.179 e. The number of halogens is 1. The second kappa shape index (κ2) is 10.0. The molecule has 2 aliphatic rings. The van der Waals surface area contributed by atoms with Crippen LogP contribution in [-0.4, -0.2) is 56.3 Å². The highest BCUT2D eigenvalue weighted by atomic mass is 35.5. The van der Waals surface area contributed by atoms with Crippen molar-refractivity contribution in [1.29, 1.82) is 0 Å². The van der Waals surface area contributed by atoms with Crippen LogP contribution < -0.4 is 16.0 Å². The van der Waals surface area contributed by atoms with Crippen molar-refractivity contribution in [3.8, 4) is 0 Å². The molecule has 0 unspecified atom stereocenters. The van der Waals surface area contributed by atoms with Crippen LogP contribution in [0, 0.1) is 5.41 Å². The van der Waals surface area contributed by atoms with Crippen LogP contribution in [0.3, 0.4) is 0 Å². The molecule has 1 aliphatic heterocycles. The highest BCUT2D eigenvalue weighted by Crippen LogP contribution is 2.50. The van der Waals surface area contributed by atoms with E-state index in [9.17, 15) is 0 Å². The quantitative estimate of drug-likeness (QED) is 0.335. The van der Waals surface area contributed by atoms with Gasteiger partial charge in [0.05, 0.1) is 17.8 Å². The van der Waals surface area contributed by atoms with Crippen molar-refractivity contribution in [2.45, 2.75) is 35.2 Å². The molecule has 0 radical (unpaired) electrons. The number of nitrogens with one attached hydrogen (secondary N) is 1. The molecule has 0 saturated carbocycles. The van der Waals surface area contributed by atoms with E-state index in [0.717, 1.165) is 59.3 Å². The molecule has 1 fully saturated rings.